The summed E-state index contributed by atoms with van der Waals surface area (Å²) in [5.74, 6) is -1.83. The zero-order valence-electron chi connectivity index (χ0n) is 21.5. The van der Waals surface area contributed by atoms with E-state index in [1.54, 1.807) is 23.1 Å². The molecule has 39 heavy (non-hydrogen) atoms. The number of amides is 1. The third-order valence-electron chi connectivity index (χ3n) is 7.54. The molecule has 0 bridgehead atoms. The Hall–Kier alpha value is -3.06. The summed E-state index contributed by atoms with van der Waals surface area (Å²) in [6, 6.07) is 7.45. The minimum Gasteiger partial charge on any atom is -0.496 e. The number of methoxy groups -OCH3 is 1. The van der Waals surface area contributed by atoms with Gasteiger partial charge in [-0.25, -0.2) is 0 Å². The van der Waals surface area contributed by atoms with Crippen LogP contribution in [0.2, 0.25) is 0 Å². The molecule has 1 aromatic heterocycles. The summed E-state index contributed by atoms with van der Waals surface area (Å²) in [6.45, 7) is 0.782. The number of halogens is 6. The number of nitrogens with zero attached hydrogens (tertiary/aromatic N) is 3. The highest BCUT2D eigenvalue weighted by Gasteiger charge is 2.48. The number of carbonyl (C=O) groups excluding carboxylic acids is 2. The van der Waals surface area contributed by atoms with Gasteiger partial charge in [-0.15, -0.1) is 0 Å². The molecule has 214 valence electrons. The highest BCUT2D eigenvalue weighted by molar-refractivity contribution is 5.99. The molecule has 0 atom stereocenters. The van der Waals surface area contributed by atoms with E-state index in [9.17, 15) is 35.9 Å². The average molecular weight is 562 g/mol. The molecular weight excluding hydrogens is 532 g/mol. The molecule has 3 heterocycles. The van der Waals surface area contributed by atoms with Crippen LogP contribution in [-0.2, 0) is 23.4 Å². The van der Waals surface area contributed by atoms with Crippen LogP contribution in [0.1, 0.15) is 51.4 Å². The van der Waals surface area contributed by atoms with E-state index in [1.165, 1.54) is 23.8 Å². The van der Waals surface area contributed by atoms with Crippen molar-refractivity contribution in [2.75, 3.05) is 40.4 Å². The van der Waals surface area contributed by atoms with Gasteiger partial charge in [0.1, 0.15) is 5.75 Å². The van der Waals surface area contributed by atoms with E-state index < -0.39 is 36.7 Å². The minimum atomic E-state index is -4.97. The number of ketones is 1. The molecule has 4 rings (SSSR count). The monoisotopic (exact) mass is 561 g/mol. The lowest BCUT2D eigenvalue weighted by molar-refractivity contribution is -0.146. The standard InChI is InChI=1S/C26H29F6N3O4/c1-33-12-13-35-19(22(36)26(30,31)32)5-6-21(35)24(33)7-10-34(11-8-24)23(37)17-3-4-18(20(15-17)38-2)16-39-14-9-25(27,28)29/h3-6,15H,7-14,16H2,1-2H3. The molecule has 1 spiro atoms. The maximum absolute atomic E-state index is 13.3. The van der Waals surface area contributed by atoms with Crippen LogP contribution in [0.25, 0.3) is 0 Å². The van der Waals surface area contributed by atoms with Gasteiger partial charge in [-0.2, -0.15) is 26.3 Å². The molecule has 1 saturated heterocycles. The topological polar surface area (TPSA) is 64.0 Å². The Morgan fingerprint density at radius 3 is 2.28 bits per heavy atom. The lowest BCUT2D eigenvalue weighted by Crippen LogP contribution is -2.56. The molecular formula is C26H29F6N3O4. The Bertz CT molecular complexity index is 1220. The quantitative estimate of drug-likeness (QED) is 0.277. The number of hydrogen-bond acceptors (Lipinski definition) is 5. The molecule has 1 aromatic carbocycles. The van der Waals surface area contributed by atoms with E-state index in [0.29, 0.717) is 55.0 Å². The summed E-state index contributed by atoms with van der Waals surface area (Å²) in [5, 5.41) is 0. The molecule has 0 aliphatic carbocycles. The van der Waals surface area contributed by atoms with Crippen molar-refractivity contribution in [3.63, 3.8) is 0 Å². The average Bonchev–Trinajstić information content (AvgIpc) is 3.32. The van der Waals surface area contributed by atoms with Crippen LogP contribution >= 0.6 is 0 Å². The molecule has 1 amide bonds. The van der Waals surface area contributed by atoms with Gasteiger partial charge in [0, 0.05) is 43.0 Å². The molecule has 2 aliphatic rings. The normalized spacial score (nSPS) is 17.8. The number of alkyl halides is 6. The SMILES string of the molecule is COc1cc(C(=O)N2CCC3(CC2)c2ccc(C(=O)C(F)(F)F)n2CCN3C)ccc1COCCC(F)(F)F. The number of benzene rings is 1. The molecule has 1 fully saturated rings. The molecule has 2 aromatic rings. The van der Waals surface area contributed by atoms with Crippen molar-refractivity contribution < 1.29 is 45.4 Å². The number of likely N-dealkylation sites (tertiary alicyclic amines) is 1. The van der Waals surface area contributed by atoms with Crippen LogP contribution in [0.5, 0.6) is 5.75 Å². The number of ether oxygens (including phenoxy) is 2. The Morgan fingerprint density at radius 1 is 0.974 bits per heavy atom. The van der Waals surface area contributed by atoms with Crippen LogP contribution in [0, 0.1) is 0 Å². The molecule has 13 heteroatoms. The van der Waals surface area contributed by atoms with Crippen molar-refractivity contribution in [1.82, 2.24) is 14.4 Å². The van der Waals surface area contributed by atoms with Crippen LogP contribution in [-0.4, -0.2) is 78.8 Å². The van der Waals surface area contributed by atoms with Crippen molar-refractivity contribution in [1.29, 1.82) is 0 Å². The Balaban J connectivity index is 1.45. The Labute approximate surface area is 221 Å². The van der Waals surface area contributed by atoms with E-state index in [2.05, 4.69) is 4.90 Å². The van der Waals surface area contributed by atoms with Gasteiger partial charge >= 0.3 is 12.4 Å². The van der Waals surface area contributed by atoms with E-state index in [1.807, 2.05) is 7.05 Å². The van der Waals surface area contributed by atoms with Crippen LogP contribution in [0.3, 0.4) is 0 Å². The number of hydrogen-bond donors (Lipinski definition) is 0. The van der Waals surface area contributed by atoms with Crippen LogP contribution < -0.4 is 4.74 Å². The van der Waals surface area contributed by atoms with Crippen molar-refractivity contribution in [2.24, 2.45) is 0 Å². The van der Waals surface area contributed by atoms with E-state index in [-0.39, 0.29) is 24.8 Å². The Kier molecular flexibility index (Phi) is 8.04. The third kappa shape index (κ3) is 5.93. The smallest absolute Gasteiger partial charge is 0.456 e. The first-order valence-electron chi connectivity index (χ1n) is 12.4. The predicted octanol–water partition coefficient (Wildman–Crippen LogP) is 4.79. The molecule has 0 radical (unpaired) electrons. The lowest BCUT2D eigenvalue weighted by Gasteiger charge is -2.50. The second-order valence-corrected chi connectivity index (χ2v) is 9.77. The zero-order chi connectivity index (χ0) is 28.6. The van der Waals surface area contributed by atoms with Gasteiger partial charge in [-0.3, -0.25) is 14.5 Å². The molecule has 7 nitrogen and oxygen atoms in total. The molecule has 0 saturated carbocycles. The predicted molar refractivity (Wildman–Crippen MR) is 128 cm³/mol. The van der Waals surface area contributed by atoms with Gasteiger partial charge in [0.05, 0.1) is 38.0 Å². The first kappa shape index (κ1) is 28.9. The first-order valence-corrected chi connectivity index (χ1v) is 12.4. The number of fused-ring (bicyclic) bond motifs is 2. The molecule has 0 N–H and O–H groups in total. The van der Waals surface area contributed by atoms with Gasteiger partial charge in [0.25, 0.3) is 11.7 Å². The summed E-state index contributed by atoms with van der Waals surface area (Å²) >= 11 is 0. The van der Waals surface area contributed by atoms with E-state index in [4.69, 9.17) is 9.47 Å². The Morgan fingerprint density at radius 2 is 1.67 bits per heavy atom. The van der Waals surface area contributed by atoms with Gasteiger partial charge < -0.3 is 18.9 Å². The summed E-state index contributed by atoms with van der Waals surface area (Å²) in [7, 11) is 3.28. The van der Waals surface area contributed by atoms with Gasteiger partial charge in [-0.1, -0.05) is 6.07 Å². The summed E-state index contributed by atoms with van der Waals surface area (Å²) in [5.41, 5.74) is 0.475. The number of likely N-dealkylation sites (N-methyl/N-ethyl adjacent to an activating group) is 1. The number of piperidine rings is 1. The fourth-order valence-corrected chi connectivity index (χ4v) is 5.38. The number of rotatable bonds is 7. The van der Waals surface area contributed by atoms with Crippen molar-refractivity contribution in [3.8, 4) is 5.75 Å². The van der Waals surface area contributed by atoms with Crippen LogP contribution in [0.15, 0.2) is 30.3 Å². The van der Waals surface area contributed by atoms with Gasteiger partial charge in [0.2, 0.25) is 0 Å². The second-order valence-electron chi connectivity index (χ2n) is 9.77. The fourth-order valence-electron chi connectivity index (χ4n) is 5.38. The van der Waals surface area contributed by atoms with Crippen molar-refractivity contribution >= 4 is 11.7 Å². The summed E-state index contributed by atoms with van der Waals surface area (Å²) in [4.78, 5) is 29.0. The summed E-state index contributed by atoms with van der Waals surface area (Å²) in [6.07, 6.45) is -9.43. The minimum absolute atomic E-state index is 0.106. The highest BCUT2D eigenvalue weighted by atomic mass is 19.4. The van der Waals surface area contributed by atoms with E-state index >= 15 is 0 Å². The van der Waals surface area contributed by atoms with Crippen LogP contribution in [0.4, 0.5) is 26.3 Å². The largest absolute Gasteiger partial charge is 0.496 e. The number of aromatic nitrogens is 1. The maximum atomic E-state index is 13.3. The maximum Gasteiger partial charge on any atom is 0.456 e. The second kappa shape index (κ2) is 10.8. The lowest BCUT2D eigenvalue weighted by atomic mass is 9.81. The highest BCUT2D eigenvalue weighted by Crippen LogP contribution is 2.42. The summed E-state index contributed by atoms with van der Waals surface area (Å²) < 4.78 is 88.2. The fraction of sp³-hybridized carbons (Fsp3) is 0.538. The zero-order valence-corrected chi connectivity index (χ0v) is 21.5. The van der Waals surface area contributed by atoms with Gasteiger partial charge in [-0.05, 0) is 44.2 Å². The van der Waals surface area contributed by atoms with Gasteiger partial charge in [0.15, 0.2) is 0 Å². The van der Waals surface area contributed by atoms with Crippen molar-refractivity contribution in [2.45, 2.75) is 50.3 Å². The molecule has 0 unspecified atom stereocenters. The molecule has 2 aliphatic heterocycles. The van der Waals surface area contributed by atoms with E-state index in [0.717, 1.165) is 0 Å². The number of carbonyl (C=O) groups is 2. The van der Waals surface area contributed by atoms with Crippen molar-refractivity contribution in [3.05, 3.63) is 52.8 Å². The number of Topliss-reactive ketones (excluding diaryl/α,β-unsaturated/α-hetero) is 1. The first-order chi connectivity index (χ1) is 18.3. The third-order valence-corrected chi connectivity index (χ3v) is 7.54.